The van der Waals surface area contributed by atoms with Crippen LogP contribution in [0.15, 0.2) is 40.5 Å². The quantitative estimate of drug-likeness (QED) is 0.336. The lowest BCUT2D eigenvalue weighted by molar-refractivity contribution is 0.412. The molecule has 4 N–H and O–H groups in total. The molecule has 1 aromatic rings. The molecule has 0 aromatic heterocycles. The highest BCUT2D eigenvalue weighted by molar-refractivity contribution is 7.89. The van der Waals surface area contributed by atoms with Gasteiger partial charge in [-0.25, -0.2) is 13.6 Å². The van der Waals surface area contributed by atoms with E-state index in [-0.39, 0.29) is 21.2 Å². The summed E-state index contributed by atoms with van der Waals surface area (Å²) in [5.41, 5.74) is 0.428. The summed E-state index contributed by atoms with van der Waals surface area (Å²) in [4.78, 5) is 0.0178. The lowest BCUT2D eigenvalue weighted by Crippen LogP contribution is -2.14. The SMILES string of the molecule is C/C(O)=C(\C#N)C(=S)Nc1ccc(S(N)(=O)=O)cc1. The second-order valence-electron chi connectivity index (χ2n) is 3.60. The molecule has 0 unspecified atom stereocenters. The fourth-order valence-corrected chi connectivity index (χ4v) is 2.04. The van der Waals surface area contributed by atoms with E-state index in [1.807, 2.05) is 0 Å². The van der Waals surface area contributed by atoms with Crippen molar-refractivity contribution in [2.45, 2.75) is 11.8 Å². The number of benzene rings is 1. The zero-order valence-corrected chi connectivity index (χ0v) is 11.5. The first-order valence-corrected chi connectivity index (χ1v) is 6.95. The summed E-state index contributed by atoms with van der Waals surface area (Å²) in [7, 11) is -3.74. The Bertz CT molecular complexity index is 666. The van der Waals surface area contributed by atoms with Crippen LogP contribution in [0.5, 0.6) is 0 Å². The van der Waals surface area contributed by atoms with Crippen molar-refractivity contribution in [3.63, 3.8) is 0 Å². The number of sulfonamides is 1. The van der Waals surface area contributed by atoms with Gasteiger partial charge in [0.1, 0.15) is 22.4 Å². The van der Waals surface area contributed by atoms with Gasteiger partial charge < -0.3 is 10.4 Å². The van der Waals surface area contributed by atoms with E-state index >= 15 is 0 Å². The maximum Gasteiger partial charge on any atom is 0.238 e. The minimum absolute atomic E-state index is 0.0293. The normalized spacial score (nSPS) is 12.3. The Morgan fingerprint density at radius 2 is 1.95 bits per heavy atom. The van der Waals surface area contributed by atoms with Crippen LogP contribution in [0, 0.1) is 11.3 Å². The van der Waals surface area contributed by atoms with Gasteiger partial charge in [-0.2, -0.15) is 5.26 Å². The van der Waals surface area contributed by atoms with E-state index in [9.17, 15) is 13.5 Å². The molecule has 0 bridgehead atoms. The van der Waals surface area contributed by atoms with Gasteiger partial charge in [0.15, 0.2) is 0 Å². The second-order valence-corrected chi connectivity index (χ2v) is 5.57. The van der Waals surface area contributed by atoms with Crippen LogP contribution >= 0.6 is 12.2 Å². The van der Waals surface area contributed by atoms with Crippen molar-refractivity contribution in [3.8, 4) is 6.07 Å². The first kappa shape index (κ1) is 15.1. The second kappa shape index (κ2) is 5.79. The fraction of sp³-hybridized carbons (Fsp3) is 0.0909. The van der Waals surface area contributed by atoms with E-state index in [0.29, 0.717) is 5.69 Å². The molecule has 19 heavy (non-hydrogen) atoms. The summed E-state index contributed by atoms with van der Waals surface area (Å²) in [6.45, 7) is 1.34. The van der Waals surface area contributed by atoms with E-state index in [1.54, 1.807) is 6.07 Å². The van der Waals surface area contributed by atoms with Crippen LogP contribution in [-0.4, -0.2) is 18.5 Å². The van der Waals surface area contributed by atoms with Crippen molar-refractivity contribution in [2.75, 3.05) is 5.32 Å². The van der Waals surface area contributed by atoms with Crippen molar-refractivity contribution < 1.29 is 13.5 Å². The highest BCUT2D eigenvalue weighted by Gasteiger charge is 2.10. The van der Waals surface area contributed by atoms with E-state index in [2.05, 4.69) is 5.32 Å². The minimum Gasteiger partial charge on any atom is -0.511 e. The number of thiocarbonyl (C=S) groups is 1. The van der Waals surface area contributed by atoms with Crippen molar-refractivity contribution in [1.29, 1.82) is 5.26 Å². The minimum atomic E-state index is -3.74. The average Bonchev–Trinajstić information content (AvgIpc) is 2.28. The van der Waals surface area contributed by atoms with Gasteiger partial charge in [-0.15, -0.1) is 0 Å². The van der Waals surface area contributed by atoms with Crippen LogP contribution < -0.4 is 10.5 Å². The number of aliphatic hydroxyl groups excluding tert-OH is 1. The van der Waals surface area contributed by atoms with Crippen LogP contribution in [-0.2, 0) is 10.0 Å². The number of allylic oxidation sites excluding steroid dienone is 1. The highest BCUT2D eigenvalue weighted by Crippen LogP contribution is 2.14. The number of hydrogen-bond acceptors (Lipinski definition) is 5. The molecular formula is C11H11N3O3S2. The third-order valence-corrected chi connectivity index (χ3v) is 3.38. The van der Waals surface area contributed by atoms with Crippen LogP contribution in [0.4, 0.5) is 5.69 Å². The Hall–Kier alpha value is -1.95. The number of nitrogens with zero attached hydrogens (tertiary/aromatic N) is 1. The highest BCUT2D eigenvalue weighted by atomic mass is 32.2. The van der Waals surface area contributed by atoms with Crippen molar-refractivity contribution >= 4 is 32.9 Å². The van der Waals surface area contributed by atoms with Crippen LogP contribution in [0.25, 0.3) is 0 Å². The molecule has 0 radical (unpaired) electrons. The van der Waals surface area contributed by atoms with E-state index in [0.717, 1.165) is 0 Å². The molecule has 0 atom stereocenters. The molecule has 1 rings (SSSR count). The predicted molar refractivity (Wildman–Crippen MR) is 75.0 cm³/mol. The summed E-state index contributed by atoms with van der Waals surface area (Å²) in [6.07, 6.45) is 0. The summed E-state index contributed by atoms with van der Waals surface area (Å²) in [5.74, 6) is -0.193. The number of nitrogens with two attached hydrogens (primary N) is 1. The Kier molecular flexibility index (Phi) is 4.61. The van der Waals surface area contributed by atoms with E-state index in [1.165, 1.54) is 31.2 Å². The summed E-state index contributed by atoms with van der Waals surface area (Å²) < 4.78 is 22.1. The van der Waals surface area contributed by atoms with Crippen LogP contribution in [0.1, 0.15) is 6.92 Å². The number of rotatable bonds is 3. The van der Waals surface area contributed by atoms with Crippen molar-refractivity contribution in [2.24, 2.45) is 5.14 Å². The number of primary sulfonamides is 1. The maximum atomic E-state index is 11.1. The van der Waals surface area contributed by atoms with E-state index in [4.69, 9.17) is 22.6 Å². The fourth-order valence-electron chi connectivity index (χ4n) is 1.22. The van der Waals surface area contributed by atoms with Gasteiger partial charge in [0.25, 0.3) is 0 Å². The van der Waals surface area contributed by atoms with Gasteiger partial charge in [0.2, 0.25) is 10.0 Å². The van der Waals surface area contributed by atoms with Gasteiger partial charge in [-0.1, -0.05) is 12.2 Å². The van der Waals surface area contributed by atoms with Gasteiger partial charge in [-0.3, -0.25) is 0 Å². The molecule has 1 aromatic carbocycles. The average molecular weight is 297 g/mol. The Morgan fingerprint density at radius 3 is 2.32 bits per heavy atom. The number of hydrogen-bond donors (Lipinski definition) is 3. The molecule has 6 nitrogen and oxygen atoms in total. The van der Waals surface area contributed by atoms with Gasteiger partial charge in [0, 0.05) is 5.69 Å². The van der Waals surface area contributed by atoms with Gasteiger partial charge in [-0.05, 0) is 31.2 Å². The zero-order valence-electron chi connectivity index (χ0n) is 9.91. The molecule has 100 valence electrons. The molecule has 0 saturated carbocycles. The molecule has 0 fully saturated rings. The number of aliphatic hydroxyl groups is 1. The first-order chi connectivity index (χ1) is 8.75. The number of nitriles is 1. The number of anilines is 1. The Labute approximate surface area is 116 Å². The molecule has 0 aliphatic rings. The molecule has 0 heterocycles. The van der Waals surface area contributed by atoms with E-state index < -0.39 is 10.0 Å². The third kappa shape index (κ3) is 4.03. The topological polar surface area (TPSA) is 116 Å². The van der Waals surface area contributed by atoms with Crippen molar-refractivity contribution in [1.82, 2.24) is 0 Å². The Balaban J connectivity index is 2.95. The predicted octanol–water partition coefficient (Wildman–Crippen LogP) is 1.43. The van der Waals surface area contributed by atoms with Crippen molar-refractivity contribution in [3.05, 3.63) is 35.6 Å². The molecular weight excluding hydrogens is 286 g/mol. The summed E-state index contributed by atoms with van der Waals surface area (Å²) in [5, 5.41) is 25.7. The lowest BCUT2D eigenvalue weighted by Gasteiger charge is -2.08. The third-order valence-electron chi connectivity index (χ3n) is 2.14. The first-order valence-electron chi connectivity index (χ1n) is 5.00. The summed E-state index contributed by atoms with van der Waals surface area (Å²) >= 11 is 4.94. The van der Waals surface area contributed by atoms with Gasteiger partial charge in [0.05, 0.1) is 4.90 Å². The van der Waals surface area contributed by atoms with Crippen LogP contribution in [0.2, 0.25) is 0 Å². The molecule has 0 spiro atoms. The standard InChI is InChI=1S/C11H11N3O3S2/c1-7(15)10(6-12)11(18)14-8-2-4-9(5-3-8)19(13,16)17/h2-5,15H,1H3,(H,14,18)(H2,13,16,17)/b10-7-. The summed E-state index contributed by atoms with van der Waals surface area (Å²) in [6, 6.07) is 7.29. The number of nitrogens with one attached hydrogen (secondary N) is 1. The zero-order chi connectivity index (χ0) is 14.6. The molecule has 0 aliphatic carbocycles. The molecule has 0 saturated heterocycles. The Morgan fingerprint density at radius 1 is 1.42 bits per heavy atom. The molecule has 0 amide bonds. The smallest absolute Gasteiger partial charge is 0.238 e. The molecule has 8 heteroatoms. The molecule has 0 aliphatic heterocycles. The van der Waals surface area contributed by atoms with Gasteiger partial charge >= 0.3 is 0 Å². The lowest BCUT2D eigenvalue weighted by atomic mass is 10.2. The monoisotopic (exact) mass is 297 g/mol. The van der Waals surface area contributed by atoms with Crippen LogP contribution in [0.3, 0.4) is 0 Å². The maximum absolute atomic E-state index is 11.1. The largest absolute Gasteiger partial charge is 0.511 e.